The van der Waals surface area contributed by atoms with Gasteiger partial charge < -0.3 is 9.64 Å². The fraction of sp³-hybridized carbons (Fsp3) is 0.467. The van der Waals surface area contributed by atoms with E-state index in [0.29, 0.717) is 32.4 Å². The Hall–Kier alpha value is -1.98. The zero-order valence-electron chi connectivity index (χ0n) is 11.8. The van der Waals surface area contributed by atoms with E-state index in [1.165, 1.54) is 11.0 Å². The lowest BCUT2D eigenvalue weighted by Crippen LogP contribution is -2.41. The van der Waals surface area contributed by atoms with Gasteiger partial charge in [0.05, 0.1) is 6.61 Å². The predicted octanol–water partition coefficient (Wildman–Crippen LogP) is 2.52. The zero-order valence-corrected chi connectivity index (χ0v) is 11.8. The molecule has 114 valence electrons. The third kappa shape index (κ3) is 3.37. The summed E-state index contributed by atoms with van der Waals surface area (Å²) in [5, 5.41) is 0. The van der Waals surface area contributed by atoms with E-state index in [-0.39, 0.29) is 5.56 Å². The summed E-state index contributed by atoms with van der Waals surface area (Å²) < 4.78 is 31.2. The molecule has 1 fully saturated rings. The second-order valence-electron chi connectivity index (χ2n) is 4.95. The molecule has 0 aromatic heterocycles. The van der Waals surface area contributed by atoms with Crippen LogP contribution in [0.5, 0.6) is 0 Å². The zero-order chi connectivity index (χ0) is 15.4. The minimum atomic E-state index is -1.08. The van der Waals surface area contributed by atoms with Crippen molar-refractivity contribution in [1.82, 2.24) is 4.90 Å². The molecule has 1 aliphatic heterocycles. The van der Waals surface area contributed by atoms with E-state index in [0.717, 1.165) is 12.1 Å². The topological polar surface area (TPSA) is 46.6 Å². The summed E-state index contributed by atoms with van der Waals surface area (Å²) in [6.07, 6.45) is 1.91. The Morgan fingerprint density at radius 3 is 2.76 bits per heavy atom. The van der Waals surface area contributed by atoms with Crippen LogP contribution in [0.25, 0.3) is 0 Å². The number of likely N-dealkylation sites (tertiary alicyclic amines) is 1. The number of ether oxygens (including phenoxy) is 1. The monoisotopic (exact) mass is 297 g/mol. The van der Waals surface area contributed by atoms with Crippen molar-refractivity contribution >= 4 is 11.9 Å². The molecular formula is C15H17F2NO3. The number of esters is 1. The highest BCUT2D eigenvalue weighted by molar-refractivity contribution is 5.97. The maximum absolute atomic E-state index is 13.2. The molecule has 1 amide bonds. The highest BCUT2D eigenvalue weighted by Gasteiger charge is 2.35. The molecule has 2 rings (SSSR count). The highest BCUT2D eigenvalue weighted by atomic mass is 19.2. The molecule has 6 heteroatoms. The molecule has 1 saturated heterocycles. The number of carbonyl (C=O) groups excluding carboxylic acids is 2. The number of halogens is 2. The Bertz CT molecular complexity index is 548. The Morgan fingerprint density at radius 2 is 2.10 bits per heavy atom. The smallest absolute Gasteiger partial charge is 0.328 e. The molecule has 21 heavy (non-hydrogen) atoms. The van der Waals surface area contributed by atoms with Crippen molar-refractivity contribution in [1.29, 1.82) is 0 Å². The standard InChI is InChI=1S/C15H17F2NO3/c1-2-8-21-15(20)13-4-3-7-18(13)14(19)10-5-6-11(16)12(17)9-10/h5-6,9,13H,2-4,7-8H2,1H3. The van der Waals surface area contributed by atoms with Crippen molar-refractivity contribution < 1.29 is 23.1 Å². The molecule has 0 bridgehead atoms. The van der Waals surface area contributed by atoms with Gasteiger partial charge in [-0.25, -0.2) is 13.6 Å². The fourth-order valence-corrected chi connectivity index (χ4v) is 2.35. The van der Waals surface area contributed by atoms with Gasteiger partial charge in [0.2, 0.25) is 0 Å². The Morgan fingerprint density at radius 1 is 1.33 bits per heavy atom. The molecule has 1 atom stereocenters. The van der Waals surface area contributed by atoms with Crippen LogP contribution in [-0.4, -0.2) is 36.0 Å². The predicted molar refractivity (Wildman–Crippen MR) is 71.7 cm³/mol. The Kier molecular flexibility index (Phi) is 4.88. The highest BCUT2D eigenvalue weighted by Crippen LogP contribution is 2.22. The number of nitrogens with zero attached hydrogens (tertiary/aromatic N) is 1. The van der Waals surface area contributed by atoms with Gasteiger partial charge >= 0.3 is 5.97 Å². The normalized spacial score (nSPS) is 17.9. The summed E-state index contributed by atoms with van der Waals surface area (Å²) in [5.74, 6) is -3.01. The molecule has 0 radical (unpaired) electrons. The van der Waals surface area contributed by atoms with E-state index < -0.39 is 29.6 Å². The van der Waals surface area contributed by atoms with Gasteiger partial charge in [-0.3, -0.25) is 4.79 Å². The molecule has 0 N–H and O–H groups in total. The van der Waals surface area contributed by atoms with E-state index >= 15 is 0 Å². The van der Waals surface area contributed by atoms with Gasteiger partial charge in [-0.15, -0.1) is 0 Å². The lowest BCUT2D eigenvalue weighted by atomic mass is 10.1. The van der Waals surface area contributed by atoms with Gasteiger partial charge in [-0.2, -0.15) is 0 Å². The molecular weight excluding hydrogens is 280 g/mol. The summed E-state index contributed by atoms with van der Waals surface area (Å²) in [6.45, 7) is 2.60. The van der Waals surface area contributed by atoms with Crippen LogP contribution in [0.15, 0.2) is 18.2 Å². The summed E-state index contributed by atoms with van der Waals surface area (Å²) in [6, 6.07) is 2.33. The summed E-state index contributed by atoms with van der Waals surface area (Å²) >= 11 is 0. The van der Waals surface area contributed by atoms with E-state index in [1.54, 1.807) is 0 Å². The average Bonchev–Trinajstić information content (AvgIpc) is 2.96. The van der Waals surface area contributed by atoms with Crippen LogP contribution in [0.3, 0.4) is 0 Å². The van der Waals surface area contributed by atoms with Crippen LogP contribution in [0.2, 0.25) is 0 Å². The van der Waals surface area contributed by atoms with E-state index in [2.05, 4.69) is 0 Å². The quantitative estimate of drug-likeness (QED) is 0.802. The number of amides is 1. The molecule has 1 aromatic rings. The second-order valence-corrected chi connectivity index (χ2v) is 4.95. The average molecular weight is 297 g/mol. The SMILES string of the molecule is CCCOC(=O)C1CCCN1C(=O)c1ccc(F)c(F)c1. The van der Waals surface area contributed by atoms with Crippen molar-refractivity contribution in [3.05, 3.63) is 35.4 Å². The number of benzene rings is 1. The molecule has 0 saturated carbocycles. The van der Waals surface area contributed by atoms with Gasteiger partial charge in [-0.1, -0.05) is 6.92 Å². The number of carbonyl (C=O) groups is 2. The maximum atomic E-state index is 13.2. The van der Waals surface area contributed by atoms with Gasteiger partial charge in [0.1, 0.15) is 6.04 Å². The Balaban J connectivity index is 2.13. The van der Waals surface area contributed by atoms with Crippen LogP contribution < -0.4 is 0 Å². The molecule has 1 unspecified atom stereocenters. The van der Waals surface area contributed by atoms with Crippen LogP contribution in [-0.2, 0) is 9.53 Å². The summed E-state index contributed by atoms with van der Waals surface area (Å²) in [5.41, 5.74) is 0.0316. The minimum Gasteiger partial charge on any atom is -0.464 e. The van der Waals surface area contributed by atoms with Crippen molar-refractivity contribution in [3.8, 4) is 0 Å². The first-order chi connectivity index (χ1) is 10.0. The summed E-state index contributed by atoms with van der Waals surface area (Å²) in [7, 11) is 0. The first-order valence-corrected chi connectivity index (χ1v) is 6.97. The van der Waals surface area contributed by atoms with E-state index in [9.17, 15) is 18.4 Å². The van der Waals surface area contributed by atoms with Crippen LogP contribution in [0.4, 0.5) is 8.78 Å². The third-order valence-corrected chi connectivity index (χ3v) is 3.40. The van der Waals surface area contributed by atoms with E-state index in [4.69, 9.17) is 4.74 Å². The first-order valence-electron chi connectivity index (χ1n) is 6.97. The molecule has 1 aromatic carbocycles. The lowest BCUT2D eigenvalue weighted by molar-refractivity contribution is -0.148. The van der Waals surface area contributed by atoms with Gasteiger partial charge in [0.15, 0.2) is 11.6 Å². The first kappa shape index (κ1) is 15.4. The van der Waals surface area contributed by atoms with Crippen LogP contribution in [0.1, 0.15) is 36.5 Å². The van der Waals surface area contributed by atoms with Gasteiger partial charge in [-0.05, 0) is 37.5 Å². The van der Waals surface area contributed by atoms with Gasteiger partial charge in [0, 0.05) is 12.1 Å². The van der Waals surface area contributed by atoms with Crippen molar-refractivity contribution in [2.75, 3.05) is 13.2 Å². The molecule has 4 nitrogen and oxygen atoms in total. The molecule has 0 spiro atoms. The second kappa shape index (κ2) is 6.65. The summed E-state index contributed by atoms with van der Waals surface area (Å²) in [4.78, 5) is 25.6. The lowest BCUT2D eigenvalue weighted by Gasteiger charge is -2.23. The fourth-order valence-electron chi connectivity index (χ4n) is 2.35. The molecule has 1 heterocycles. The number of hydrogen-bond donors (Lipinski definition) is 0. The van der Waals surface area contributed by atoms with Crippen molar-refractivity contribution in [2.24, 2.45) is 0 Å². The van der Waals surface area contributed by atoms with E-state index in [1.807, 2.05) is 6.92 Å². The largest absolute Gasteiger partial charge is 0.464 e. The van der Waals surface area contributed by atoms with Crippen LogP contribution in [0, 0.1) is 11.6 Å². The molecule has 1 aliphatic rings. The van der Waals surface area contributed by atoms with Crippen LogP contribution >= 0.6 is 0 Å². The number of rotatable bonds is 4. The minimum absolute atomic E-state index is 0.0316. The van der Waals surface area contributed by atoms with Crippen molar-refractivity contribution in [3.63, 3.8) is 0 Å². The molecule has 0 aliphatic carbocycles. The third-order valence-electron chi connectivity index (χ3n) is 3.40. The van der Waals surface area contributed by atoms with Gasteiger partial charge in [0.25, 0.3) is 5.91 Å². The van der Waals surface area contributed by atoms with Crippen molar-refractivity contribution in [2.45, 2.75) is 32.2 Å². The Labute approximate surface area is 121 Å². The number of hydrogen-bond acceptors (Lipinski definition) is 3. The maximum Gasteiger partial charge on any atom is 0.328 e.